The smallest absolute Gasteiger partial charge is 0.0471 e. The van der Waals surface area contributed by atoms with Crippen LogP contribution in [0.15, 0.2) is 18.2 Å². The summed E-state index contributed by atoms with van der Waals surface area (Å²) in [5.41, 5.74) is 1.14. The first kappa shape index (κ1) is 13.2. The molecular weight excluding hydrogens is 257 g/mol. The normalized spacial score (nSPS) is 21.7. The van der Waals surface area contributed by atoms with E-state index >= 15 is 0 Å². The number of hydrogen-bond acceptors (Lipinski definition) is 2. The highest BCUT2D eigenvalue weighted by molar-refractivity contribution is 6.34. The summed E-state index contributed by atoms with van der Waals surface area (Å²) in [6, 6.07) is 5.66. The molecule has 1 N–H and O–H groups in total. The zero-order valence-corrected chi connectivity index (χ0v) is 11.2. The minimum Gasteiger partial charge on any atom is -0.396 e. The van der Waals surface area contributed by atoms with Gasteiger partial charge in [-0.3, -0.25) is 4.90 Å². The van der Waals surface area contributed by atoms with Crippen molar-refractivity contribution in [2.75, 3.05) is 19.7 Å². The maximum absolute atomic E-state index is 9.19. The number of rotatable bonds is 3. The molecule has 2 rings (SSSR count). The van der Waals surface area contributed by atoms with E-state index in [9.17, 15) is 5.11 Å². The van der Waals surface area contributed by atoms with Crippen molar-refractivity contribution in [3.63, 3.8) is 0 Å². The molecule has 1 atom stereocenters. The molecule has 0 radical (unpaired) electrons. The fraction of sp³-hybridized carbons (Fsp3) is 0.538. The monoisotopic (exact) mass is 273 g/mol. The van der Waals surface area contributed by atoms with E-state index in [-0.39, 0.29) is 6.61 Å². The Morgan fingerprint density at radius 3 is 2.59 bits per heavy atom. The molecule has 0 spiro atoms. The molecule has 17 heavy (non-hydrogen) atoms. The number of piperidine rings is 1. The predicted octanol–water partition coefficient (Wildman–Crippen LogP) is 3.20. The zero-order valence-electron chi connectivity index (χ0n) is 9.70. The maximum Gasteiger partial charge on any atom is 0.0471 e. The Morgan fingerprint density at radius 2 is 1.94 bits per heavy atom. The first-order chi connectivity index (χ1) is 8.17. The van der Waals surface area contributed by atoms with E-state index in [4.69, 9.17) is 23.2 Å². The molecule has 1 heterocycles. The van der Waals surface area contributed by atoms with Crippen LogP contribution in [0.5, 0.6) is 0 Å². The van der Waals surface area contributed by atoms with Gasteiger partial charge in [-0.25, -0.2) is 0 Å². The Morgan fingerprint density at radius 1 is 1.24 bits per heavy atom. The Labute approximate surface area is 112 Å². The second kappa shape index (κ2) is 6.05. The average molecular weight is 274 g/mol. The summed E-state index contributed by atoms with van der Waals surface area (Å²) in [4.78, 5) is 2.35. The molecule has 2 nitrogen and oxygen atoms in total. The van der Waals surface area contributed by atoms with Crippen LogP contribution in [0, 0.1) is 5.92 Å². The largest absolute Gasteiger partial charge is 0.396 e. The number of aliphatic hydroxyl groups is 1. The van der Waals surface area contributed by atoms with Crippen molar-refractivity contribution < 1.29 is 5.11 Å². The van der Waals surface area contributed by atoms with Crippen LogP contribution in [0.3, 0.4) is 0 Å². The Hall–Kier alpha value is -0.280. The fourth-order valence-corrected chi connectivity index (χ4v) is 2.98. The van der Waals surface area contributed by atoms with E-state index < -0.39 is 0 Å². The highest BCUT2D eigenvalue weighted by atomic mass is 35.5. The summed E-state index contributed by atoms with van der Waals surface area (Å²) in [5, 5.41) is 10.6. The van der Waals surface area contributed by atoms with Crippen LogP contribution in [-0.2, 0) is 6.54 Å². The lowest BCUT2D eigenvalue weighted by Crippen LogP contribution is -2.36. The summed E-state index contributed by atoms with van der Waals surface area (Å²) >= 11 is 12.0. The Balaban J connectivity index is 2.00. The molecule has 0 unspecified atom stereocenters. The number of likely N-dealkylation sites (tertiary alicyclic amines) is 1. The van der Waals surface area contributed by atoms with Gasteiger partial charge in [0.05, 0.1) is 0 Å². The van der Waals surface area contributed by atoms with Gasteiger partial charge in [-0.15, -0.1) is 0 Å². The van der Waals surface area contributed by atoms with Gasteiger partial charge in [0.25, 0.3) is 0 Å². The van der Waals surface area contributed by atoms with Crippen molar-refractivity contribution in [1.29, 1.82) is 0 Å². The standard InChI is InChI=1S/C13H17Cl2NO/c14-12-4-11(5-13(15)6-12)8-16-3-1-2-10(7-16)9-17/h4-6,10,17H,1-3,7-9H2/t10-/m0/s1. The first-order valence-corrected chi connectivity index (χ1v) is 6.71. The molecule has 4 heteroatoms. The van der Waals surface area contributed by atoms with Crippen LogP contribution < -0.4 is 0 Å². The lowest BCUT2D eigenvalue weighted by Gasteiger charge is -2.31. The molecule has 0 aliphatic carbocycles. The molecule has 1 aromatic rings. The molecule has 1 aromatic carbocycles. The van der Waals surface area contributed by atoms with Gasteiger partial charge in [0, 0.05) is 29.7 Å². The topological polar surface area (TPSA) is 23.5 Å². The molecule has 0 saturated carbocycles. The van der Waals surface area contributed by atoms with Gasteiger partial charge >= 0.3 is 0 Å². The van der Waals surface area contributed by atoms with Gasteiger partial charge in [0.15, 0.2) is 0 Å². The van der Waals surface area contributed by atoms with Crippen LogP contribution in [0.1, 0.15) is 18.4 Å². The molecule has 1 saturated heterocycles. The number of halogens is 2. The van der Waals surface area contributed by atoms with E-state index in [0.29, 0.717) is 16.0 Å². The Bertz CT molecular complexity index is 363. The number of benzene rings is 1. The number of hydrogen-bond donors (Lipinski definition) is 1. The summed E-state index contributed by atoms with van der Waals surface area (Å²) in [7, 11) is 0. The first-order valence-electron chi connectivity index (χ1n) is 5.95. The summed E-state index contributed by atoms with van der Waals surface area (Å²) in [6.45, 7) is 3.19. The summed E-state index contributed by atoms with van der Waals surface area (Å²) in [5.74, 6) is 0.415. The zero-order chi connectivity index (χ0) is 12.3. The third kappa shape index (κ3) is 3.85. The molecule has 1 aliphatic rings. The third-order valence-corrected chi connectivity index (χ3v) is 3.63. The van der Waals surface area contributed by atoms with Gasteiger partial charge in [-0.2, -0.15) is 0 Å². The van der Waals surface area contributed by atoms with E-state index in [1.807, 2.05) is 12.1 Å². The lowest BCUT2D eigenvalue weighted by molar-refractivity contribution is 0.116. The van der Waals surface area contributed by atoms with Gasteiger partial charge in [-0.05, 0) is 49.1 Å². The van der Waals surface area contributed by atoms with Crippen molar-refractivity contribution >= 4 is 23.2 Å². The quantitative estimate of drug-likeness (QED) is 0.915. The molecule has 1 fully saturated rings. The van der Waals surface area contributed by atoms with Crippen LogP contribution in [0.2, 0.25) is 10.0 Å². The van der Waals surface area contributed by atoms with Crippen molar-refractivity contribution in [2.24, 2.45) is 5.92 Å². The van der Waals surface area contributed by atoms with Crippen LogP contribution in [0.4, 0.5) is 0 Å². The van der Waals surface area contributed by atoms with Gasteiger partial charge < -0.3 is 5.11 Å². The van der Waals surface area contributed by atoms with Crippen molar-refractivity contribution in [3.8, 4) is 0 Å². The lowest BCUT2D eigenvalue weighted by atomic mass is 9.98. The van der Waals surface area contributed by atoms with Gasteiger partial charge in [0.1, 0.15) is 0 Å². The summed E-state index contributed by atoms with van der Waals surface area (Å²) in [6.07, 6.45) is 2.28. The highest BCUT2D eigenvalue weighted by Gasteiger charge is 2.19. The molecule has 0 aromatic heterocycles. The van der Waals surface area contributed by atoms with Gasteiger partial charge in [-0.1, -0.05) is 23.2 Å². The molecule has 1 aliphatic heterocycles. The summed E-state index contributed by atoms with van der Waals surface area (Å²) < 4.78 is 0. The highest BCUT2D eigenvalue weighted by Crippen LogP contribution is 2.22. The maximum atomic E-state index is 9.19. The van der Waals surface area contributed by atoms with Crippen LogP contribution in [0.25, 0.3) is 0 Å². The minimum absolute atomic E-state index is 0.285. The number of nitrogens with zero attached hydrogens (tertiary/aromatic N) is 1. The van der Waals surface area contributed by atoms with E-state index in [2.05, 4.69) is 4.90 Å². The minimum atomic E-state index is 0.285. The number of aliphatic hydroxyl groups excluding tert-OH is 1. The molecule has 94 valence electrons. The van der Waals surface area contributed by atoms with E-state index in [1.165, 1.54) is 0 Å². The van der Waals surface area contributed by atoms with Crippen molar-refractivity contribution in [2.45, 2.75) is 19.4 Å². The van der Waals surface area contributed by atoms with E-state index in [1.54, 1.807) is 6.07 Å². The molecule has 0 amide bonds. The Kier molecular flexibility index (Phi) is 4.69. The second-order valence-electron chi connectivity index (χ2n) is 4.70. The predicted molar refractivity (Wildman–Crippen MR) is 71.5 cm³/mol. The fourth-order valence-electron chi connectivity index (χ4n) is 2.40. The SMILES string of the molecule is OC[C@H]1CCCN(Cc2cc(Cl)cc(Cl)c2)C1. The molecule has 0 bridgehead atoms. The van der Waals surface area contributed by atoms with Crippen LogP contribution in [-0.4, -0.2) is 29.7 Å². The van der Waals surface area contributed by atoms with Crippen molar-refractivity contribution in [1.82, 2.24) is 4.90 Å². The van der Waals surface area contributed by atoms with Gasteiger partial charge in [0.2, 0.25) is 0 Å². The van der Waals surface area contributed by atoms with E-state index in [0.717, 1.165) is 38.0 Å². The molecular formula is C13H17Cl2NO. The van der Waals surface area contributed by atoms with Crippen molar-refractivity contribution in [3.05, 3.63) is 33.8 Å². The average Bonchev–Trinajstić information content (AvgIpc) is 2.28. The van der Waals surface area contributed by atoms with Crippen LogP contribution >= 0.6 is 23.2 Å². The third-order valence-electron chi connectivity index (χ3n) is 3.19. The second-order valence-corrected chi connectivity index (χ2v) is 5.58.